The van der Waals surface area contributed by atoms with Gasteiger partial charge < -0.3 is 25.4 Å². The molecule has 0 saturated carbocycles. The summed E-state index contributed by atoms with van der Waals surface area (Å²) >= 11 is 0. The number of nitrogens with zero attached hydrogens (tertiary/aromatic N) is 4. The molecule has 1 atom stereocenters. The quantitative estimate of drug-likeness (QED) is 0.722. The van der Waals surface area contributed by atoms with E-state index in [4.69, 9.17) is 16.6 Å². The third kappa shape index (κ3) is 5.48. The van der Waals surface area contributed by atoms with Crippen LogP contribution in [0.4, 0.5) is 11.5 Å². The van der Waals surface area contributed by atoms with Crippen LogP contribution in [0.2, 0.25) is 0 Å². The van der Waals surface area contributed by atoms with Gasteiger partial charge in [-0.25, -0.2) is 0 Å². The van der Waals surface area contributed by atoms with E-state index < -0.39 is 0 Å². The number of rotatable bonds is 7. The minimum Gasteiger partial charge on any atom is -0.492 e. The Morgan fingerprint density at radius 3 is 2.83 bits per heavy atom. The maximum Gasteiger partial charge on any atom is 0.188 e. The van der Waals surface area contributed by atoms with Crippen LogP contribution in [0.3, 0.4) is 0 Å². The van der Waals surface area contributed by atoms with Crippen LogP contribution in [0.5, 0.6) is 11.5 Å². The number of ether oxygens (including phenoxy) is 2. The van der Waals surface area contributed by atoms with Crippen molar-refractivity contribution in [2.45, 2.75) is 18.9 Å². The van der Waals surface area contributed by atoms with E-state index in [1.54, 1.807) is 0 Å². The molecule has 156 valence electrons. The fourth-order valence-electron chi connectivity index (χ4n) is 3.82. The lowest BCUT2D eigenvalue weighted by atomic mass is 10.1. The van der Waals surface area contributed by atoms with Crippen molar-refractivity contribution < 1.29 is 10.8 Å². The molecule has 2 aromatic rings. The van der Waals surface area contributed by atoms with E-state index in [2.05, 4.69) is 37.4 Å². The molecule has 0 spiro atoms. The molecule has 1 unspecified atom stereocenters. The zero-order valence-electron chi connectivity index (χ0n) is 17.7. The van der Waals surface area contributed by atoms with Gasteiger partial charge in [-0.2, -0.15) is 5.10 Å². The fraction of sp³-hybridized carbons (Fsp3) is 0.524. The minimum atomic E-state index is -0.000362. The number of nitrogen functional groups attached to an aromatic ring is 1. The molecule has 4 rings (SSSR count). The number of piperidine rings is 1. The van der Waals surface area contributed by atoms with Gasteiger partial charge in [-0.1, -0.05) is 0 Å². The second kappa shape index (κ2) is 9.76. The summed E-state index contributed by atoms with van der Waals surface area (Å²) in [4.78, 5) is 4.73. The van der Waals surface area contributed by atoms with Gasteiger partial charge in [-0.3, -0.25) is 4.90 Å². The number of aromatic nitrogens is 2. The third-order valence-corrected chi connectivity index (χ3v) is 5.42. The van der Waals surface area contributed by atoms with Crippen molar-refractivity contribution in [1.82, 2.24) is 20.4 Å². The van der Waals surface area contributed by atoms with Gasteiger partial charge in [0.2, 0.25) is 0 Å². The lowest BCUT2D eigenvalue weighted by Crippen LogP contribution is -2.44. The van der Waals surface area contributed by atoms with Crippen LogP contribution in [0.15, 0.2) is 36.5 Å². The maximum absolute atomic E-state index is 7.61. The van der Waals surface area contributed by atoms with Gasteiger partial charge in [-0.05, 0) is 37.1 Å². The van der Waals surface area contributed by atoms with E-state index in [-0.39, 0.29) is 18.1 Å². The Labute approximate surface area is 173 Å². The maximum atomic E-state index is 7.61. The summed E-state index contributed by atoms with van der Waals surface area (Å²) in [6.07, 6.45) is 2.03. The highest BCUT2D eigenvalue weighted by molar-refractivity contribution is 5.50. The topological polar surface area (TPSA) is 88.8 Å². The normalized spacial score (nSPS) is 20.9. The molecule has 0 aliphatic carbocycles. The molecule has 0 amide bonds. The van der Waals surface area contributed by atoms with E-state index in [0.717, 1.165) is 70.1 Å². The number of nitrogens with two attached hydrogens (primary N) is 1. The van der Waals surface area contributed by atoms with Gasteiger partial charge in [0.1, 0.15) is 18.5 Å². The zero-order chi connectivity index (χ0) is 20.8. The van der Waals surface area contributed by atoms with Crippen molar-refractivity contribution in [3.05, 3.63) is 36.5 Å². The van der Waals surface area contributed by atoms with Gasteiger partial charge in [0.25, 0.3) is 0 Å². The summed E-state index contributed by atoms with van der Waals surface area (Å²) in [6, 6.07) is 9.80. The summed E-state index contributed by atoms with van der Waals surface area (Å²) in [5.74, 6) is 1.57. The summed E-state index contributed by atoms with van der Waals surface area (Å²) in [6.45, 7) is 7.71. The second-order valence-corrected chi connectivity index (χ2v) is 7.49. The highest BCUT2D eigenvalue weighted by Crippen LogP contribution is 2.26. The molecule has 0 radical (unpaired) electrons. The van der Waals surface area contributed by atoms with Crippen LogP contribution in [-0.2, 0) is 0 Å². The highest BCUT2D eigenvalue weighted by Gasteiger charge is 2.22. The third-order valence-electron chi connectivity index (χ3n) is 5.42. The van der Waals surface area contributed by atoms with Crippen molar-refractivity contribution in [3.8, 4) is 11.5 Å². The minimum absolute atomic E-state index is 0.000362. The average Bonchev–Trinajstić information content (AvgIpc) is 2.78. The molecule has 2 saturated heterocycles. The van der Waals surface area contributed by atoms with Gasteiger partial charge in [-0.15, -0.1) is 5.10 Å². The highest BCUT2D eigenvalue weighted by atomic mass is 16.5. The predicted octanol–water partition coefficient (Wildman–Crippen LogP) is 1.39. The molecule has 1 aromatic carbocycles. The number of anilines is 2. The first-order valence-corrected chi connectivity index (χ1v) is 10.3. The summed E-state index contributed by atoms with van der Waals surface area (Å²) in [7, 11) is 0. The van der Waals surface area contributed by atoms with Crippen molar-refractivity contribution in [3.63, 3.8) is 0 Å². The van der Waals surface area contributed by atoms with E-state index in [1.165, 1.54) is 6.07 Å². The monoisotopic (exact) mass is 399 g/mol. The first kappa shape index (κ1) is 18.4. The Morgan fingerprint density at radius 1 is 1.17 bits per heavy atom. The van der Waals surface area contributed by atoms with Crippen molar-refractivity contribution in [2.24, 2.45) is 0 Å². The molecule has 1 aromatic heterocycles. The van der Waals surface area contributed by atoms with Crippen LogP contribution >= 0.6 is 0 Å². The molecule has 2 fully saturated rings. The van der Waals surface area contributed by atoms with Crippen LogP contribution in [0.1, 0.15) is 14.2 Å². The Morgan fingerprint density at radius 2 is 2.00 bits per heavy atom. The standard InChI is InChI=1S/C21H30N6O2/c22-21-20(7-8-24-25-21)29-19-2-1-11-27(16-19)17-3-5-18(6-4-17)28-15-14-26-12-9-23-10-13-26/h3-8,19,23H,1-2,9-16H2,(H2,22,25)/i8D. The summed E-state index contributed by atoms with van der Waals surface area (Å²) < 4.78 is 19.6. The molecule has 0 bridgehead atoms. The molecule has 8 nitrogen and oxygen atoms in total. The van der Waals surface area contributed by atoms with E-state index in [9.17, 15) is 0 Å². The molecule has 29 heavy (non-hydrogen) atoms. The van der Waals surface area contributed by atoms with Crippen molar-refractivity contribution in [2.75, 3.05) is 63.1 Å². The first-order chi connectivity index (χ1) is 14.7. The fourth-order valence-corrected chi connectivity index (χ4v) is 3.82. The van der Waals surface area contributed by atoms with E-state index in [1.807, 2.05) is 12.1 Å². The summed E-state index contributed by atoms with van der Waals surface area (Å²) in [5, 5.41) is 10.8. The van der Waals surface area contributed by atoms with Crippen molar-refractivity contribution >= 4 is 11.5 Å². The Bertz CT molecular complexity index is 816. The van der Waals surface area contributed by atoms with Crippen LogP contribution in [0, 0.1) is 0 Å². The van der Waals surface area contributed by atoms with Gasteiger partial charge >= 0.3 is 0 Å². The number of benzene rings is 1. The van der Waals surface area contributed by atoms with E-state index in [0.29, 0.717) is 12.4 Å². The van der Waals surface area contributed by atoms with Gasteiger partial charge in [0, 0.05) is 51.0 Å². The molecular weight excluding hydrogens is 368 g/mol. The molecular formula is C21H30N6O2. The number of hydrogen-bond donors (Lipinski definition) is 2. The average molecular weight is 400 g/mol. The lowest BCUT2D eigenvalue weighted by molar-refractivity contribution is 0.179. The number of piperazine rings is 1. The molecule has 8 heteroatoms. The predicted molar refractivity (Wildman–Crippen MR) is 114 cm³/mol. The van der Waals surface area contributed by atoms with Crippen LogP contribution < -0.4 is 25.4 Å². The van der Waals surface area contributed by atoms with E-state index >= 15 is 0 Å². The van der Waals surface area contributed by atoms with Crippen LogP contribution in [-0.4, -0.2) is 73.6 Å². The SMILES string of the molecule is [2H]c1cc(OC2CCCN(c3ccc(OCCN4CCNCC4)cc3)C2)c(N)nn1. The Hall–Kier alpha value is -2.58. The molecule has 3 heterocycles. The molecule has 3 N–H and O–H groups in total. The Kier molecular flexibility index (Phi) is 6.21. The van der Waals surface area contributed by atoms with Gasteiger partial charge in [0.05, 0.1) is 14.1 Å². The lowest BCUT2D eigenvalue weighted by Gasteiger charge is -2.34. The largest absolute Gasteiger partial charge is 0.492 e. The molecule has 2 aliphatic heterocycles. The number of hydrogen-bond acceptors (Lipinski definition) is 8. The summed E-state index contributed by atoms with van der Waals surface area (Å²) in [5.41, 5.74) is 6.99. The van der Waals surface area contributed by atoms with Crippen LogP contribution in [0.25, 0.3) is 0 Å². The first-order valence-electron chi connectivity index (χ1n) is 10.8. The smallest absolute Gasteiger partial charge is 0.188 e. The van der Waals surface area contributed by atoms with Crippen molar-refractivity contribution in [1.29, 1.82) is 0 Å². The zero-order valence-corrected chi connectivity index (χ0v) is 16.7. The number of nitrogens with one attached hydrogen (secondary N) is 1. The molecule has 2 aliphatic rings. The van der Waals surface area contributed by atoms with Gasteiger partial charge in [0.15, 0.2) is 11.6 Å². The second-order valence-electron chi connectivity index (χ2n) is 7.49. The Balaban J connectivity index is 1.28.